The van der Waals surface area contributed by atoms with Crippen LogP contribution in [0.4, 0.5) is 33.5 Å². The third-order valence-corrected chi connectivity index (χ3v) is 9.19. The number of aromatic nitrogens is 2. The summed E-state index contributed by atoms with van der Waals surface area (Å²) < 4.78 is 84.0. The second-order valence-electron chi connectivity index (χ2n) is 12.5. The minimum absolute atomic E-state index is 0.0124. The molecule has 0 unspecified atom stereocenters. The lowest BCUT2D eigenvalue weighted by molar-refractivity contribution is -0.140. The highest BCUT2D eigenvalue weighted by molar-refractivity contribution is 5.55. The Kier molecular flexibility index (Phi) is 7.29. The van der Waals surface area contributed by atoms with E-state index in [1.807, 2.05) is 4.90 Å². The standard InChI is InChI=1S/C29H36F5N5O3/c1-16-9-19(35)24(31)22(23(16)29(32,33)34)21-10-20-18(13-41-21)25(38-7-3-5-27(2,40)14-38)37-26(36-20)42-15-28-6-4-8-39(28)12-17(30)11-28/h9,17,21,40H,3-8,10-15,35H2,1-2H3/t17-,21+,27-,28+/m1/s1. The van der Waals surface area contributed by atoms with Crippen LogP contribution in [0.5, 0.6) is 6.01 Å². The SMILES string of the molecule is Cc1cc(N)c(F)c([C@@H]2Cc3nc(OC[C@@]45CCCN4C[C@H](F)C5)nc(N4CCC[C@@](C)(O)C4)c3CO2)c1C(F)(F)F. The van der Waals surface area contributed by atoms with Crippen molar-refractivity contribution in [1.29, 1.82) is 0 Å². The van der Waals surface area contributed by atoms with E-state index in [-0.39, 0.29) is 37.8 Å². The summed E-state index contributed by atoms with van der Waals surface area (Å²) in [6, 6.07) is 0.988. The zero-order chi connectivity index (χ0) is 30.0. The highest BCUT2D eigenvalue weighted by Gasteiger charge is 2.49. The van der Waals surface area contributed by atoms with Crippen molar-refractivity contribution in [2.24, 2.45) is 0 Å². The average molecular weight is 598 g/mol. The van der Waals surface area contributed by atoms with E-state index in [1.54, 1.807) is 6.92 Å². The van der Waals surface area contributed by atoms with Gasteiger partial charge in [-0.25, -0.2) is 8.78 Å². The van der Waals surface area contributed by atoms with E-state index in [2.05, 4.69) is 14.9 Å². The number of halogens is 5. The molecule has 0 bridgehead atoms. The molecular weight excluding hydrogens is 561 g/mol. The number of rotatable bonds is 5. The van der Waals surface area contributed by atoms with Crippen molar-refractivity contribution < 1.29 is 36.5 Å². The van der Waals surface area contributed by atoms with Gasteiger partial charge in [0, 0.05) is 43.6 Å². The van der Waals surface area contributed by atoms with Crippen molar-refractivity contribution in [3.8, 4) is 6.01 Å². The number of alkyl halides is 4. The number of nitrogens with two attached hydrogens (primary N) is 1. The van der Waals surface area contributed by atoms with Crippen LogP contribution in [0, 0.1) is 12.7 Å². The third kappa shape index (κ3) is 5.28. The van der Waals surface area contributed by atoms with Gasteiger partial charge >= 0.3 is 12.2 Å². The number of fused-ring (bicyclic) bond motifs is 2. The summed E-state index contributed by atoms with van der Waals surface area (Å²) >= 11 is 0. The van der Waals surface area contributed by atoms with E-state index >= 15 is 4.39 Å². The predicted octanol–water partition coefficient (Wildman–Crippen LogP) is 4.65. The van der Waals surface area contributed by atoms with Crippen molar-refractivity contribution in [1.82, 2.24) is 14.9 Å². The molecule has 0 spiro atoms. The number of hydrogen-bond donors (Lipinski definition) is 2. The first-order valence-corrected chi connectivity index (χ1v) is 14.4. The number of aliphatic hydroxyl groups is 1. The Hall–Kier alpha value is -2.77. The van der Waals surface area contributed by atoms with Crippen LogP contribution in [-0.4, -0.2) is 70.1 Å². The molecule has 1 aromatic carbocycles. The molecule has 0 radical (unpaired) electrons. The monoisotopic (exact) mass is 597 g/mol. The van der Waals surface area contributed by atoms with Gasteiger partial charge in [0.25, 0.3) is 0 Å². The summed E-state index contributed by atoms with van der Waals surface area (Å²) in [5, 5.41) is 10.8. The summed E-state index contributed by atoms with van der Waals surface area (Å²) in [6.07, 6.45) is -3.87. The minimum Gasteiger partial charge on any atom is -0.461 e. The summed E-state index contributed by atoms with van der Waals surface area (Å²) in [4.78, 5) is 13.3. The smallest absolute Gasteiger partial charge is 0.417 e. The van der Waals surface area contributed by atoms with Gasteiger partial charge in [-0.15, -0.1) is 0 Å². The molecule has 4 atom stereocenters. The van der Waals surface area contributed by atoms with Gasteiger partial charge in [-0.1, -0.05) is 0 Å². The van der Waals surface area contributed by atoms with Crippen LogP contribution in [0.15, 0.2) is 6.07 Å². The number of benzene rings is 1. The van der Waals surface area contributed by atoms with Crippen LogP contribution in [-0.2, 0) is 23.9 Å². The van der Waals surface area contributed by atoms with Crippen LogP contribution < -0.4 is 15.4 Å². The van der Waals surface area contributed by atoms with Crippen LogP contribution in [0.25, 0.3) is 0 Å². The van der Waals surface area contributed by atoms with Gasteiger partial charge < -0.3 is 25.2 Å². The zero-order valence-electron chi connectivity index (χ0n) is 23.7. The number of β-amino-alcohol motifs (C(OH)–C–C–N with tert-alkyl or cyclic N) is 1. The number of nitrogens with zero attached hydrogens (tertiary/aromatic N) is 4. The fourth-order valence-corrected chi connectivity index (χ4v) is 7.32. The number of hydrogen-bond acceptors (Lipinski definition) is 8. The fraction of sp³-hybridized carbons (Fsp3) is 0.655. The van der Waals surface area contributed by atoms with Crippen molar-refractivity contribution in [3.63, 3.8) is 0 Å². The Morgan fingerprint density at radius 1 is 1.21 bits per heavy atom. The number of piperidine rings is 1. The highest BCUT2D eigenvalue weighted by atomic mass is 19.4. The topological polar surface area (TPSA) is 97.0 Å². The van der Waals surface area contributed by atoms with Crippen molar-refractivity contribution >= 4 is 11.5 Å². The number of aryl methyl sites for hydroxylation is 1. The number of ether oxygens (including phenoxy) is 2. The van der Waals surface area contributed by atoms with E-state index < -0.39 is 52.2 Å². The van der Waals surface area contributed by atoms with Gasteiger partial charge in [-0.2, -0.15) is 23.1 Å². The van der Waals surface area contributed by atoms with Gasteiger partial charge in [-0.05, 0) is 57.7 Å². The van der Waals surface area contributed by atoms with Gasteiger partial charge in [0.15, 0.2) is 5.82 Å². The Bertz CT molecular complexity index is 1370. The maximum absolute atomic E-state index is 15.3. The minimum atomic E-state index is -4.83. The van der Waals surface area contributed by atoms with E-state index in [4.69, 9.17) is 15.2 Å². The van der Waals surface area contributed by atoms with E-state index in [0.717, 1.165) is 25.5 Å². The largest absolute Gasteiger partial charge is 0.461 e. The molecule has 13 heteroatoms. The molecule has 2 aromatic rings. The zero-order valence-corrected chi connectivity index (χ0v) is 23.7. The van der Waals surface area contributed by atoms with Crippen LogP contribution >= 0.6 is 0 Å². The fourth-order valence-electron chi connectivity index (χ4n) is 7.32. The first kappa shape index (κ1) is 29.3. The first-order chi connectivity index (χ1) is 19.8. The van der Waals surface area contributed by atoms with E-state index in [0.29, 0.717) is 49.4 Å². The molecule has 4 aliphatic heterocycles. The average Bonchev–Trinajstić information content (AvgIpc) is 3.43. The second-order valence-corrected chi connectivity index (χ2v) is 12.5. The molecule has 3 N–H and O–H groups in total. The lowest BCUT2D eigenvalue weighted by atomic mass is 9.91. The summed E-state index contributed by atoms with van der Waals surface area (Å²) in [5.74, 6) is -0.703. The molecule has 1 aromatic heterocycles. The first-order valence-electron chi connectivity index (χ1n) is 14.4. The number of anilines is 2. The van der Waals surface area contributed by atoms with Crippen LogP contribution in [0.3, 0.4) is 0 Å². The van der Waals surface area contributed by atoms with Crippen LogP contribution in [0.2, 0.25) is 0 Å². The summed E-state index contributed by atoms with van der Waals surface area (Å²) in [7, 11) is 0. The van der Waals surface area contributed by atoms with Crippen molar-refractivity contribution in [2.75, 3.05) is 43.4 Å². The van der Waals surface area contributed by atoms with Gasteiger partial charge in [-0.3, -0.25) is 4.90 Å². The van der Waals surface area contributed by atoms with Crippen LogP contribution in [0.1, 0.15) is 73.1 Å². The summed E-state index contributed by atoms with van der Waals surface area (Å²) in [6.45, 7) is 4.99. The Labute approximate surface area is 241 Å². The molecule has 3 saturated heterocycles. The Morgan fingerprint density at radius 3 is 2.71 bits per heavy atom. The maximum atomic E-state index is 15.3. The number of nitrogen functional groups attached to an aromatic ring is 1. The molecule has 0 aliphatic carbocycles. The molecule has 0 saturated carbocycles. The van der Waals surface area contributed by atoms with Crippen molar-refractivity contribution in [2.45, 2.75) is 88.6 Å². The normalized spacial score (nSPS) is 30.0. The molecule has 6 rings (SSSR count). The Morgan fingerprint density at radius 2 is 1.98 bits per heavy atom. The van der Waals surface area contributed by atoms with E-state index in [9.17, 15) is 22.7 Å². The molecule has 42 heavy (non-hydrogen) atoms. The van der Waals surface area contributed by atoms with Crippen molar-refractivity contribution in [3.05, 3.63) is 39.8 Å². The molecule has 4 aliphatic rings. The molecule has 8 nitrogen and oxygen atoms in total. The maximum Gasteiger partial charge on any atom is 0.417 e. The predicted molar refractivity (Wildman–Crippen MR) is 144 cm³/mol. The lowest BCUT2D eigenvalue weighted by Crippen LogP contribution is -2.47. The highest BCUT2D eigenvalue weighted by Crippen LogP contribution is 2.45. The van der Waals surface area contributed by atoms with Gasteiger partial charge in [0.05, 0.1) is 40.8 Å². The van der Waals surface area contributed by atoms with Gasteiger partial charge in [0.1, 0.15) is 18.6 Å². The quantitative estimate of drug-likeness (QED) is 0.380. The second kappa shape index (κ2) is 10.4. The third-order valence-electron chi connectivity index (χ3n) is 9.19. The lowest BCUT2D eigenvalue weighted by Gasteiger charge is -2.39. The summed E-state index contributed by atoms with van der Waals surface area (Å²) in [5.41, 5.74) is 2.91. The molecule has 5 heterocycles. The molecule has 3 fully saturated rings. The molecule has 230 valence electrons. The molecule has 0 amide bonds. The van der Waals surface area contributed by atoms with Gasteiger partial charge in [0.2, 0.25) is 0 Å². The Balaban J connectivity index is 1.38. The molecular formula is C29H36F5N5O3. The van der Waals surface area contributed by atoms with E-state index in [1.165, 1.54) is 6.92 Å².